The first-order chi connectivity index (χ1) is 14.3. The Labute approximate surface area is 169 Å². The van der Waals surface area contributed by atoms with Gasteiger partial charge in [0.1, 0.15) is 29.5 Å². The summed E-state index contributed by atoms with van der Waals surface area (Å²) in [4.78, 5) is 29.3. The number of anilines is 3. The summed E-state index contributed by atoms with van der Waals surface area (Å²) in [5.74, 6) is 2.93. The number of amides is 1. The maximum Gasteiger partial charge on any atom is 0.260 e. The molecule has 1 aliphatic rings. The molecule has 1 fully saturated rings. The summed E-state index contributed by atoms with van der Waals surface area (Å²) in [6.45, 7) is 2.72. The van der Waals surface area contributed by atoms with Gasteiger partial charge in [-0.15, -0.1) is 0 Å². The van der Waals surface area contributed by atoms with E-state index in [0.717, 1.165) is 11.6 Å². The third kappa shape index (κ3) is 4.98. The van der Waals surface area contributed by atoms with Crippen LogP contribution in [0.25, 0.3) is 0 Å². The number of ether oxygens (including phenoxy) is 1. The largest absolute Gasteiger partial charge is 0.484 e. The molecule has 0 unspecified atom stereocenters. The zero-order chi connectivity index (χ0) is 19.9. The standard InChI is InChI=1S/C21H22N6O2/c28-21(15-29-17-6-2-1-3-7-17)27-12-10-26(11-13-27)20-14-19(23-16-24-20)25-18-8-4-5-9-22-18/h1-9,14,16H,10-13,15H2,(H,22,23,24,25). The number of carbonyl (C=O) groups excluding carboxylic acids is 1. The molecular weight excluding hydrogens is 368 g/mol. The summed E-state index contributed by atoms with van der Waals surface area (Å²) in [6.07, 6.45) is 3.26. The number of rotatable bonds is 6. The maximum absolute atomic E-state index is 12.4. The highest BCUT2D eigenvalue weighted by molar-refractivity contribution is 5.78. The van der Waals surface area contributed by atoms with E-state index in [2.05, 4.69) is 25.2 Å². The van der Waals surface area contributed by atoms with E-state index >= 15 is 0 Å². The average Bonchev–Trinajstić information content (AvgIpc) is 2.79. The topological polar surface area (TPSA) is 83.5 Å². The highest BCUT2D eigenvalue weighted by Gasteiger charge is 2.22. The van der Waals surface area contributed by atoms with Crippen molar-refractivity contribution >= 4 is 23.4 Å². The van der Waals surface area contributed by atoms with Crippen molar-refractivity contribution in [2.45, 2.75) is 0 Å². The number of piperazine rings is 1. The summed E-state index contributed by atoms with van der Waals surface area (Å²) in [7, 11) is 0. The molecule has 1 saturated heterocycles. The Hall–Kier alpha value is -3.68. The lowest BCUT2D eigenvalue weighted by molar-refractivity contribution is -0.133. The summed E-state index contributed by atoms with van der Waals surface area (Å²) in [5.41, 5.74) is 0. The first kappa shape index (κ1) is 18.7. The molecule has 0 bridgehead atoms. The Morgan fingerprint density at radius 2 is 1.72 bits per heavy atom. The van der Waals surface area contributed by atoms with Crippen LogP contribution in [0.1, 0.15) is 0 Å². The molecule has 8 nitrogen and oxygen atoms in total. The fraction of sp³-hybridized carbons (Fsp3) is 0.238. The molecule has 2 aromatic heterocycles. The van der Waals surface area contributed by atoms with E-state index in [0.29, 0.717) is 37.7 Å². The van der Waals surface area contributed by atoms with Gasteiger partial charge in [0.05, 0.1) is 0 Å². The van der Waals surface area contributed by atoms with Gasteiger partial charge in [0, 0.05) is 38.4 Å². The number of para-hydroxylation sites is 1. The minimum atomic E-state index is -0.00583. The van der Waals surface area contributed by atoms with E-state index in [-0.39, 0.29) is 12.5 Å². The Morgan fingerprint density at radius 1 is 0.931 bits per heavy atom. The van der Waals surface area contributed by atoms with E-state index in [1.54, 1.807) is 6.20 Å². The molecule has 1 N–H and O–H groups in total. The Morgan fingerprint density at radius 3 is 2.48 bits per heavy atom. The van der Waals surface area contributed by atoms with Gasteiger partial charge in [-0.2, -0.15) is 0 Å². The maximum atomic E-state index is 12.4. The van der Waals surface area contributed by atoms with Crippen LogP contribution < -0.4 is 15.0 Å². The minimum absolute atomic E-state index is 0.00583. The second-order valence-electron chi connectivity index (χ2n) is 6.57. The monoisotopic (exact) mass is 390 g/mol. The lowest BCUT2D eigenvalue weighted by Crippen LogP contribution is -2.50. The lowest BCUT2D eigenvalue weighted by atomic mass is 10.3. The van der Waals surface area contributed by atoms with Gasteiger partial charge in [-0.1, -0.05) is 24.3 Å². The first-order valence-electron chi connectivity index (χ1n) is 9.48. The molecule has 1 amide bonds. The van der Waals surface area contributed by atoms with Crippen LogP contribution in [0.3, 0.4) is 0 Å². The number of aromatic nitrogens is 3. The van der Waals surface area contributed by atoms with Gasteiger partial charge in [0.15, 0.2) is 6.61 Å². The second-order valence-corrected chi connectivity index (χ2v) is 6.57. The molecule has 3 aromatic rings. The van der Waals surface area contributed by atoms with Crippen LogP contribution in [0, 0.1) is 0 Å². The molecule has 1 aromatic carbocycles. The quantitative estimate of drug-likeness (QED) is 0.692. The van der Waals surface area contributed by atoms with E-state index in [4.69, 9.17) is 4.74 Å². The molecule has 0 spiro atoms. The van der Waals surface area contributed by atoms with Gasteiger partial charge in [-0.25, -0.2) is 15.0 Å². The zero-order valence-electron chi connectivity index (χ0n) is 15.9. The number of pyridine rings is 1. The molecule has 29 heavy (non-hydrogen) atoms. The van der Waals surface area contributed by atoms with Crippen molar-refractivity contribution in [2.24, 2.45) is 0 Å². The Balaban J connectivity index is 1.30. The molecule has 0 atom stereocenters. The van der Waals surface area contributed by atoms with Gasteiger partial charge < -0.3 is 19.9 Å². The predicted octanol–water partition coefficient (Wildman–Crippen LogP) is 2.34. The van der Waals surface area contributed by atoms with Gasteiger partial charge in [0.2, 0.25) is 0 Å². The first-order valence-corrected chi connectivity index (χ1v) is 9.48. The van der Waals surface area contributed by atoms with Crippen LogP contribution in [0.4, 0.5) is 17.5 Å². The molecular formula is C21H22N6O2. The zero-order valence-corrected chi connectivity index (χ0v) is 15.9. The minimum Gasteiger partial charge on any atom is -0.484 e. The Kier molecular flexibility index (Phi) is 5.80. The summed E-state index contributed by atoms with van der Waals surface area (Å²) in [6, 6.07) is 16.9. The number of hydrogen-bond acceptors (Lipinski definition) is 7. The third-order valence-corrected chi connectivity index (χ3v) is 4.64. The van der Waals surface area contributed by atoms with Gasteiger partial charge in [0.25, 0.3) is 5.91 Å². The van der Waals surface area contributed by atoms with Crippen molar-refractivity contribution < 1.29 is 9.53 Å². The fourth-order valence-corrected chi connectivity index (χ4v) is 3.09. The smallest absolute Gasteiger partial charge is 0.260 e. The average molecular weight is 390 g/mol. The van der Waals surface area contributed by atoms with Gasteiger partial charge in [-0.3, -0.25) is 4.79 Å². The molecule has 8 heteroatoms. The van der Waals surface area contributed by atoms with Crippen LogP contribution in [0.5, 0.6) is 5.75 Å². The third-order valence-electron chi connectivity index (χ3n) is 4.64. The van der Waals surface area contributed by atoms with Crippen LogP contribution in [-0.4, -0.2) is 58.5 Å². The van der Waals surface area contributed by atoms with Crippen LogP contribution in [-0.2, 0) is 4.79 Å². The molecule has 0 aliphatic carbocycles. The van der Waals surface area contributed by atoms with Crippen molar-refractivity contribution in [1.29, 1.82) is 0 Å². The van der Waals surface area contributed by atoms with Crippen molar-refractivity contribution in [2.75, 3.05) is 43.0 Å². The highest BCUT2D eigenvalue weighted by Crippen LogP contribution is 2.18. The van der Waals surface area contributed by atoms with Crippen molar-refractivity contribution in [3.63, 3.8) is 0 Å². The molecule has 3 heterocycles. The second kappa shape index (κ2) is 9.01. The highest BCUT2D eigenvalue weighted by atomic mass is 16.5. The van der Waals surface area contributed by atoms with Crippen LogP contribution in [0.2, 0.25) is 0 Å². The van der Waals surface area contributed by atoms with E-state index in [1.165, 1.54) is 6.33 Å². The summed E-state index contributed by atoms with van der Waals surface area (Å²) < 4.78 is 5.57. The summed E-state index contributed by atoms with van der Waals surface area (Å²) in [5, 5.41) is 3.17. The molecule has 0 saturated carbocycles. The van der Waals surface area contributed by atoms with Crippen molar-refractivity contribution in [3.05, 3.63) is 67.1 Å². The summed E-state index contributed by atoms with van der Waals surface area (Å²) >= 11 is 0. The van der Waals surface area contributed by atoms with Gasteiger partial charge in [-0.05, 0) is 24.3 Å². The van der Waals surface area contributed by atoms with Crippen LogP contribution >= 0.6 is 0 Å². The number of benzene rings is 1. The SMILES string of the molecule is O=C(COc1ccccc1)N1CCN(c2cc(Nc3ccccn3)ncn2)CC1. The van der Waals surface area contributed by atoms with Gasteiger partial charge >= 0.3 is 0 Å². The van der Waals surface area contributed by atoms with Crippen molar-refractivity contribution in [1.82, 2.24) is 19.9 Å². The molecule has 0 radical (unpaired) electrons. The number of carbonyl (C=O) groups is 1. The predicted molar refractivity (Wildman–Crippen MR) is 110 cm³/mol. The normalized spacial score (nSPS) is 13.8. The molecule has 148 valence electrons. The van der Waals surface area contributed by atoms with E-state index in [9.17, 15) is 4.79 Å². The number of nitrogens with one attached hydrogen (secondary N) is 1. The Bertz CT molecular complexity index is 930. The number of hydrogen-bond donors (Lipinski definition) is 1. The lowest BCUT2D eigenvalue weighted by Gasteiger charge is -2.35. The fourth-order valence-electron chi connectivity index (χ4n) is 3.09. The van der Waals surface area contributed by atoms with E-state index in [1.807, 2.05) is 59.5 Å². The van der Waals surface area contributed by atoms with Crippen LogP contribution in [0.15, 0.2) is 67.1 Å². The number of nitrogens with zero attached hydrogens (tertiary/aromatic N) is 5. The molecule has 1 aliphatic heterocycles. The van der Waals surface area contributed by atoms with Crippen molar-refractivity contribution in [3.8, 4) is 5.75 Å². The molecule has 4 rings (SSSR count). The van der Waals surface area contributed by atoms with E-state index < -0.39 is 0 Å².